The first kappa shape index (κ1) is 21.5. The van der Waals surface area contributed by atoms with Crippen LogP contribution in [0.15, 0.2) is 30.3 Å². The summed E-state index contributed by atoms with van der Waals surface area (Å²) in [4.78, 5) is 32.2. The molecular formula is C22H26FN5O2S. The summed E-state index contributed by atoms with van der Waals surface area (Å²) < 4.78 is 15.1. The zero-order valence-electron chi connectivity index (χ0n) is 18.0. The summed E-state index contributed by atoms with van der Waals surface area (Å²) in [5, 5.41) is 5.58. The van der Waals surface area contributed by atoms with Gasteiger partial charge in [0.1, 0.15) is 10.6 Å². The molecule has 4 rings (SSSR count). The van der Waals surface area contributed by atoms with E-state index in [0.29, 0.717) is 44.1 Å². The largest absolute Gasteiger partial charge is 0.348 e. The second-order valence-corrected chi connectivity index (χ2v) is 9.09. The first-order chi connectivity index (χ1) is 14.8. The number of amides is 2. The van der Waals surface area contributed by atoms with E-state index in [9.17, 15) is 14.0 Å². The van der Waals surface area contributed by atoms with Crippen LogP contribution in [-0.4, -0.2) is 83.1 Å². The van der Waals surface area contributed by atoms with Gasteiger partial charge in [0.2, 0.25) is 5.91 Å². The van der Waals surface area contributed by atoms with Gasteiger partial charge >= 0.3 is 0 Å². The predicted molar refractivity (Wildman–Crippen MR) is 119 cm³/mol. The summed E-state index contributed by atoms with van der Waals surface area (Å²) in [6.07, 6.45) is 0. The summed E-state index contributed by atoms with van der Waals surface area (Å²) in [6.45, 7) is 5.43. The Hall–Kier alpha value is -2.78. The van der Waals surface area contributed by atoms with Crippen molar-refractivity contribution in [2.24, 2.45) is 0 Å². The Morgan fingerprint density at radius 3 is 2.45 bits per heavy atom. The van der Waals surface area contributed by atoms with Crippen LogP contribution in [0, 0.1) is 12.7 Å². The van der Waals surface area contributed by atoms with E-state index in [2.05, 4.69) is 10.00 Å². The minimum absolute atomic E-state index is 0.0209. The van der Waals surface area contributed by atoms with Gasteiger partial charge in [0.15, 0.2) is 0 Å². The van der Waals surface area contributed by atoms with E-state index < -0.39 is 0 Å². The van der Waals surface area contributed by atoms with Crippen LogP contribution < -0.4 is 0 Å². The molecule has 3 heterocycles. The van der Waals surface area contributed by atoms with E-state index >= 15 is 0 Å². The maximum Gasteiger partial charge on any atom is 0.264 e. The normalized spacial score (nSPS) is 14.9. The second kappa shape index (κ2) is 8.76. The van der Waals surface area contributed by atoms with Crippen LogP contribution in [0.2, 0.25) is 0 Å². The van der Waals surface area contributed by atoms with Crippen LogP contribution in [0.1, 0.15) is 20.9 Å². The number of thiophene rings is 1. The molecule has 1 aliphatic rings. The molecule has 1 aliphatic heterocycles. The third-order valence-electron chi connectivity index (χ3n) is 5.58. The Labute approximate surface area is 184 Å². The van der Waals surface area contributed by atoms with Crippen LogP contribution in [0.5, 0.6) is 0 Å². The number of carbonyl (C=O) groups excluding carboxylic acids is 2. The highest BCUT2D eigenvalue weighted by Crippen LogP contribution is 2.30. The Morgan fingerprint density at radius 2 is 1.81 bits per heavy atom. The number of aryl methyl sites for hydroxylation is 1. The lowest BCUT2D eigenvalue weighted by Gasteiger charge is -2.34. The molecule has 1 saturated heterocycles. The van der Waals surface area contributed by atoms with Gasteiger partial charge in [-0.05, 0) is 30.7 Å². The Balaban J connectivity index is 1.46. The number of aromatic nitrogens is 2. The average molecular weight is 444 g/mol. The minimum Gasteiger partial charge on any atom is -0.348 e. The second-order valence-electron chi connectivity index (χ2n) is 8.06. The van der Waals surface area contributed by atoms with Gasteiger partial charge in [0.05, 0.1) is 23.7 Å². The van der Waals surface area contributed by atoms with Gasteiger partial charge < -0.3 is 9.80 Å². The maximum atomic E-state index is 13.2. The first-order valence-electron chi connectivity index (χ1n) is 10.2. The highest BCUT2D eigenvalue weighted by atomic mass is 32.1. The number of likely N-dealkylation sites (N-methyl/N-ethyl adjacent to an activating group) is 1. The van der Waals surface area contributed by atoms with Crippen molar-refractivity contribution in [1.82, 2.24) is 24.5 Å². The zero-order chi connectivity index (χ0) is 22.1. The number of nitrogens with zero attached hydrogens (tertiary/aromatic N) is 5. The number of piperazine rings is 1. The number of benzene rings is 1. The smallest absolute Gasteiger partial charge is 0.264 e. The number of rotatable bonds is 5. The highest BCUT2D eigenvalue weighted by molar-refractivity contribution is 7.20. The van der Waals surface area contributed by atoms with Crippen molar-refractivity contribution in [3.05, 3.63) is 52.3 Å². The van der Waals surface area contributed by atoms with Crippen molar-refractivity contribution >= 4 is 33.4 Å². The van der Waals surface area contributed by atoms with E-state index in [1.165, 1.54) is 23.5 Å². The fraction of sp³-hybridized carbons (Fsp3) is 0.409. The molecule has 0 aliphatic carbocycles. The monoisotopic (exact) mass is 443 g/mol. The number of carbonyl (C=O) groups is 2. The lowest BCUT2D eigenvalue weighted by molar-refractivity contribution is -0.130. The van der Waals surface area contributed by atoms with Gasteiger partial charge in [-0.25, -0.2) is 4.39 Å². The lowest BCUT2D eigenvalue weighted by Crippen LogP contribution is -2.50. The van der Waals surface area contributed by atoms with E-state index in [1.807, 2.05) is 22.6 Å². The maximum absolute atomic E-state index is 13.2. The van der Waals surface area contributed by atoms with Gasteiger partial charge in [-0.15, -0.1) is 11.3 Å². The average Bonchev–Trinajstić information content (AvgIpc) is 3.31. The molecule has 0 saturated carbocycles. The third-order valence-corrected chi connectivity index (χ3v) is 6.72. The van der Waals surface area contributed by atoms with Gasteiger partial charge in [0.25, 0.3) is 5.91 Å². The van der Waals surface area contributed by atoms with Crippen molar-refractivity contribution in [2.75, 3.05) is 46.8 Å². The Morgan fingerprint density at radius 1 is 1.13 bits per heavy atom. The van der Waals surface area contributed by atoms with E-state index in [4.69, 9.17) is 0 Å². The Bertz CT molecular complexity index is 1100. The molecule has 0 N–H and O–H groups in total. The lowest BCUT2D eigenvalue weighted by atomic mass is 10.2. The molecular weight excluding hydrogens is 417 g/mol. The summed E-state index contributed by atoms with van der Waals surface area (Å²) in [5.74, 6) is -0.168. The highest BCUT2D eigenvalue weighted by Gasteiger charge is 2.26. The Kier molecular flexibility index (Phi) is 6.06. The molecule has 3 aromatic rings. The van der Waals surface area contributed by atoms with Crippen molar-refractivity contribution in [3.8, 4) is 0 Å². The molecule has 164 valence electrons. The molecule has 2 aromatic heterocycles. The summed E-state index contributed by atoms with van der Waals surface area (Å²) >= 11 is 1.45. The molecule has 1 aromatic carbocycles. The molecule has 1 fully saturated rings. The number of halogens is 1. The van der Waals surface area contributed by atoms with E-state index in [0.717, 1.165) is 21.5 Å². The standard InChI is InChI=1S/C22H26FN5O2S/c1-15-18-12-19(21(30)27-10-8-26(9-11-27)14-20(29)25(2)3)31-22(18)28(24-15)13-16-4-6-17(23)7-5-16/h4-7,12H,8-11,13-14H2,1-3H3. The van der Waals surface area contributed by atoms with Crippen molar-refractivity contribution < 1.29 is 14.0 Å². The number of fused-ring (bicyclic) bond motifs is 1. The first-order valence-corrected chi connectivity index (χ1v) is 11.1. The summed E-state index contributed by atoms with van der Waals surface area (Å²) in [7, 11) is 3.51. The van der Waals surface area contributed by atoms with Crippen LogP contribution >= 0.6 is 11.3 Å². The molecule has 2 amide bonds. The number of hydrogen-bond donors (Lipinski definition) is 0. The van der Waals surface area contributed by atoms with Gasteiger partial charge in [-0.1, -0.05) is 12.1 Å². The van der Waals surface area contributed by atoms with Crippen molar-refractivity contribution in [1.29, 1.82) is 0 Å². The van der Waals surface area contributed by atoms with Crippen LogP contribution in [-0.2, 0) is 11.3 Å². The summed E-state index contributed by atoms with van der Waals surface area (Å²) in [5.41, 5.74) is 1.83. The van der Waals surface area contributed by atoms with Crippen LogP contribution in [0.4, 0.5) is 4.39 Å². The number of hydrogen-bond acceptors (Lipinski definition) is 5. The third kappa shape index (κ3) is 4.62. The van der Waals surface area contributed by atoms with Gasteiger partial charge in [-0.2, -0.15) is 5.10 Å². The fourth-order valence-corrected chi connectivity index (χ4v) is 4.81. The molecule has 31 heavy (non-hydrogen) atoms. The summed E-state index contributed by atoms with van der Waals surface area (Å²) in [6, 6.07) is 8.31. The molecule has 0 spiro atoms. The minimum atomic E-state index is -0.263. The van der Waals surface area contributed by atoms with Crippen LogP contribution in [0.25, 0.3) is 10.2 Å². The van der Waals surface area contributed by atoms with Crippen molar-refractivity contribution in [2.45, 2.75) is 13.5 Å². The molecule has 9 heteroatoms. The SMILES string of the molecule is Cc1nn(Cc2ccc(F)cc2)c2sc(C(=O)N3CCN(CC(=O)N(C)C)CC3)cc12. The molecule has 0 bridgehead atoms. The topological polar surface area (TPSA) is 61.7 Å². The zero-order valence-corrected chi connectivity index (χ0v) is 18.8. The van der Waals surface area contributed by atoms with Crippen LogP contribution in [0.3, 0.4) is 0 Å². The van der Waals surface area contributed by atoms with E-state index in [1.54, 1.807) is 31.1 Å². The van der Waals surface area contributed by atoms with Gasteiger partial charge in [-0.3, -0.25) is 19.2 Å². The molecule has 7 nitrogen and oxygen atoms in total. The molecule has 0 unspecified atom stereocenters. The quantitative estimate of drug-likeness (QED) is 0.608. The van der Waals surface area contributed by atoms with Crippen molar-refractivity contribution in [3.63, 3.8) is 0 Å². The molecule has 0 atom stereocenters. The fourth-order valence-electron chi connectivity index (χ4n) is 3.69. The molecule has 0 radical (unpaired) electrons. The predicted octanol–water partition coefficient (Wildman–Crippen LogP) is 2.44. The van der Waals surface area contributed by atoms with E-state index in [-0.39, 0.29) is 17.6 Å². The van der Waals surface area contributed by atoms with Gasteiger partial charge in [0, 0.05) is 45.7 Å².